The molecule has 0 saturated carbocycles. The summed E-state index contributed by atoms with van der Waals surface area (Å²) in [6.45, 7) is 2.07. The molecular weight excluding hydrogens is 326 g/mol. The lowest BCUT2D eigenvalue weighted by atomic mass is 9.96. The highest BCUT2D eigenvalue weighted by molar-refractivity contribution is 9.10. The van der Waals surface area contributed by atoms with Crippen LogP contribution in [0.15, 0.2) is 41.1 Å². The molecule has 1 heterocycles. The second-order valence-corrected chi connectivity index (χ2v) is 5.61. The van der Waals surface area contributed by atoms with Crippen LogP contribution in [0, 0.1) is 6.92 Å². The van der Waals surface area contributed by atoms with Crippen molar-refractivity contribution in [1.82, 2.24) is 10.4 Å². The quantitative estimate of drug-likeness (QED) is 0.661. The Hall–Kier alpha value is -0.940. The average molecular weight is 341 g/mol. The van der Waals surface area contributed by atoms with Crippen molar-refractivity contribution in [1.29, 1.82) is 0 Å². The van der Waals surface area contributed by atoms with Gasteiger partial charge in [0.05, 0.1) is 11.1 Å². The Balaban J connectivity index is 2.31. The van der Waals surface area contributed by atoms with Crippen molar-refractivity contribution in [3.05, 3.63) is 62.8 Å². The standard InChI is InChI=1S/C14H15BrClN3/c1-9-11(3-2-4-12(9)15)14(19-17)7-10-5-6-18-8-13(10)16/h2-6,8,14,19H,7,17H2,1H3. The van der Waals surface area contributed by atoms with E-state index in [1.165, 1.54) is 5.56 Å². The third kappa shape index (κ3) is 3.34. The second-order valence-electron chi connectivity index (χ2n) is 4.34. The number of nitrogens with zero attached hydrogens (tertiary/aromatic N) is 1. The van der Waals surface area contributed by atoms with Crippen LogP contribution in [0.25, 0.3) is 0 Å². The van der Waals surface area contributed by atoms with Gasteiger partial charge < -0.3 is 0 Å². The lowest BCUT2D eigenvalue weighted by Crippen LogP contribution is -2.30. The molecule has 100 valence electrons. The van der Waals surface area contributed by atoms with Gasteiger partial charge in [0, 0.05) is 16.9 Å². The Morgan fingerprint density at radius 2 is 2.21 bits per heavy atom. The molecule has 0 fully saturated rings. The van der Waals surface area contributed by atoms with E-state index in [1.54, 1.807) is 12.4 Å². The highest BCUT2D eigenvalue weighted by atomic mass is 79.9. The SMILES string of the molecule is Cc1c(Br)cccc1C(Cc1ccncc1Cl)NN. The zero-order valence-electron chi connectivity index (χ0n) is 10.5. The number of nitrogens with one attached hydrogen (secondary N) is 1. The summed E-state index contributed by atoms with van der Waals surface area (Å²) in [5, 5.41) is 0.662. The third-order valence-electron chi connectivity index (χ3n) is 3.17. The van der Waals surface area contributed by atoms with Crippen LogP contribution < -0.4 is 11.3 Å². The summed E-state index contributed by atoms with van der Waals surface area (Å²) in [4.78, 5) is 3.99. The van der Waals surface area contributed by atoms with E-state index in [2.05, 4.69) is 39.3 Å². The van der Waals surface area contributed by atoms with E-state index >= 15 is 0 Å². The first kappa shape index (κ1) is 14.5. The predicted octanol–water partition coefficient (Wildman–Crippen LogP) is 3.55. The van der Waals surface area contributed by atoms with Crippen molar-refractivity contribution in [3.8, 4) is 0 Å². The van der Waals surface area contributed by atoms with Crippen LogP contribution in [0.2, 0.25) is 5.02 Å². The molecule has 1 unspecified atom stereocenters. The monoisotopic (exact) mass is 339 g/mol. The molecule has 5 heteroatoms. The Labute approximate surface area is 126 Å². The number of rotatable bonds is 4. The maximum absolute atomic E-state index is 6.14. The van der Waals surface area contributed by atoms with Crippen molar-refractivity contribution < 1.29 is 0 Å². The maximum Gasteiger partial charge on any atom is 0.0622 e. The molecule has 1 atom stereocenters. The zero-order valence-corrected chi connectivity index (χ0v) is 12.9. The fraction of sp³-hybridized carbons (Fsp3) is 0.214. The molecule has 0 aliphatic carbocycles. The molecule has 3 N–H and O–H groups in total. The molecule has 0 amide bonds. The summed E-state index contributed by atoms with van der Waals surface area (Å²) < 4.78 is 1.08. The lowest BCUT2D eigenvalue weighted by molar-refractivity contribution is 0.549. The number of halogens is 2. The summed E-state index contributed by atoms with van der Waals surface area (Å²) in [5.74, 6) is 5.70. The van der Waals surface area contributed by atoms with Crippen molar-refractivity contribution >= 4 is 27.5 Å². The van der Waals surface area contributed by atoms with Crippen molar-refractivity contribution in [2.45, 2.75) is 19.4 Å². The Kier molecular flexibility index (Phi) is 4.93. The van der Waals surface area contributed by atoms with Crippen LogP contribution in [0.3, 0.4) is 0 Å². The number of nitrogens with two attached hydrogens (primary N) is 1. The highest BCUT2D eigenvalue weighted by Crippen LogP contribution is 2.28. The van der Waals surface area contributed by atoms with Crippen molar-refractivity contribution in [3.63, 3.8) is 0 Å². The number of hydrogen-bond donors (Lipinski definition) is 2. The molecule has 1 aromatic heterocycles. The molecule has 0 spiro atoms. The molecule has 1 aromatic carbocycles. The van der Waals surface area contributed by atoms with Crippen LogP contribution in [-0.4, -0.2) is 4.98 Å². The van der Waals surface area contributed by atoms with Gasteiger partial charge in [-0.15, -0.1) is 0 Å². The molecule has 0 bridgehead atoms. The van der Waals surface area contributed by atoms with Gasteiger partial charge in [-0.25, -0.2) is 0 Å². The summed E-state index contributed by atoms with van der Waals surface area (Å²) in [6.07, 6.45) is 4.11. The van der Waals surface area contributed by atoms with Crippen LogP contribution in [0.1, 0.15) is 22.7 Å². The van der Waals surface area contributed by atoms with Crippen LogP contribution >= 0.6 is 27.5 Å². The van der Waals surface area contributed by atoms with E-state index in [0.717, 1.165) is 22.0 Å². The minimum absolute atomic E-state index is 0.0115. The van der Waals surface area contributed by atoms with Crippen LogP contribution in [-0.2, 0) is 6.42 Å². The van der Waals surface area contributed by atoms with Gasteiger partial charge in [-0.3, -0.25) is 16.3 Å². The molecule has 0 saturated heterocycles. The molecule has 19 heavy (non-hydrogen) atoms. The van der Waals surface area contributed by atoms with Gasteiger partial charge in [0.15, 0.2) is 0 Å². The number of pyridine rings is 1. The minimum Gasteiger partial charge on any atom is -0.271 e. The van der Waals surface area contributed by atoms with E-state index in [1.807, 2.05) is 18.2 Å². The van der Waals surface area contributed by atoms with E-state index < -0.39 is 0 Å². The Bertz CT molecular complexity index is 574. The minimum atomic E-state index is 0.0115. The first-order valence-electron chi connectivity index (χ1n) is 5.93. The summed E-state index contributed by atoms with van der Waals surface area (Å²) >= 11 is 9.68. The number of benzene rings is 1. The van der Waals surface area contributed by atoms with E-state index in [4.69, 9.17) is 17.4 Å². The number of hydrazine groups is 1. The van der Waals surface area contributed by atoms with Crippen LogP contribution in [0.5, 0.6) is 0 Å². The molecule has 2 rings (SSSR count). The topological polar surface area (TPSA) is 50.9 Å². The number of hydrogen-bond acceptors (Lipinski definition) is 3. The van der Waals surface area contributed by atoms with E-state index in [0.29, 0.717) is 5.02 Å². The highest BCUT2D eigenvalue weighted by Gasteiger charge is 2.15. The molecule has 2 aromatic rings. The number of aromatic nitrogens is 1. The van der Waals surface area contributed by atoms with Gasteiger partial charge in [-0.2, -0.15) is 0 Å². The normalized spacial score (nSPS) is 12.4. The predicted molar refractivity (Wildman–Crippen MR) is 81.9 cm³/mol. The third-order valence-corrected chi connectivity index (χ3v) is 4.37. The Morgan fingerprint density at radius 1 is 1.42 bits per heavy atom. The summed E-state index contributed by atoms with van der Waals surface area (Å²) in [6, 6.07) is 8.02. The molecule has 0 aliphatic rings. The second kappa shape index (κ2) is 6.48. The Morgan fingerprint density at radius 3 is 2.89 bits per heavy atom. The van der Waals surface area contributed by atoms with Gasteiger partial charge in [-0.1, -0.05) is 39.7 Å². The van der Waals surface area contributed by atoms with Gasteiger partial charge in [0.2, 0.25) is 0 Å². The smallest absolute Gasteiger partial charge is 0.0622 e. The van der Waals surface area contributed by atoms with Gasteiger partial charge in [0.25, 0.3) is 0 Å². The molecule has 3 nitrogen and oxygen atoms in total. The fourth-order valence-electron chi connectivity index (χ4n) is 2.05. The first-order chi connectivity index (χ1) is 9.13. The molecule has 0 aliphatic heterocycles. The fourth-order valence-corrected chi connectivity index (χ4v) is 2.63. The largest absolute Gasteiger partial charge is 0.271 e. The van der Waals surface area contributed by atoms with E-state index in [-0.39, 0.29) is 6.04 Å². The van der Waals surface area contributed by atoms with Crippen LogP contribution in [0.4, 0.5) is 0 Å². The maximum atomic E-state index is 6.14. The average Bonchev–Trinajstić information content (AvgIpc) is 2.41. The van der Waals surface area contributed by atoms with Gasteiger partial charge in [-0.05, 0) is 42.2 Å². The van der Waals surface area contributed by atoms with Gasteiger partial charge in [0.1, 0.15) is 0 Å². The lowest BCUT2D eigenvalue weighted by Gasteiger charge is -2.19. The first-order valence-corrected chi connectivity index (χ1v) is 7.10. The van der Waals surface area contributed by atoms with Crippen molar-refractivity contribution in [2.75, 3.05) is 0 Å². The summed E-state index contributed by atoms with van der Waals surface area (Å²) in [5.41, 5.74) is 6.22. The molecular formula is C14H15BrClN3. The summed E-state index contributed by atoms with van der Waals surface area (Å²) in [7, 11) is 0. The van der Waals surface area contributed by atoms with Gasteiger partial charge >= 0.3 is 0 Å². The van der Waals surface area contributed by atoms with Crippen molar-refractivity contribution in [2.24, 2.45) is 5.84 Å². The molecule has 0 radical (unpaired) electrons. The zero-order chi connectivity index (χ0) is 13.8. The van der Waals surface area contributed by atoms with E-state index in [9.17, 15) is 0 Å².